The summed E-state index contributed by atoms with van der Waals surface area (Å²) in [6.07, 6.45) is 0.112. The maximum absolute atomic E-state index is 13.0. The van der Waals surface area contributed by atoms with Crippen molar-refractivity contribution >= 4 is 28.9 Å². The van der Waals surface area contributed by atoms with Crippen molar-refractivity contribution in [3.8, 4) is 6.07 Å². The summed E-state index contributed by atoms with van der Waals surface area (Å²) in [6, 6.07) is 17.5. The van der Waals surface area contributed by atoms with E-state index >= 15 is 0 Å². The lowest BCUT2D eigenvalue weighted by atomic mass is 9.96. The first-order chi connectivity index (χ1) is 15.9. The molecule has 9 nitrogen and oxygen atoms in total. The summed E-state index contributed by atoms with van der Waals surface area (Å²) >= 11 is 0. The van der Waals surface area contributed by atoms with Crippen LogP contribution in [0.4, 0.5) is 17.1 Å². The zero-order valence-electron chi connectivity index (χ0n) is 18.4. The molecule has 2 aromatic carbocycles. The third-order valence-corrected chi connectivity index (χ3v) is 5.67. The molecule has 2 aromatic rings. The highest BCUT2D eigenvalue weighted by Gasteiger charge is 2.32. The summed E-state index contributed by atoms with van der Waals surface area (Å²) in [4.78, 5) is 39.9. The first-order valence-corrected chi connectivity index (χ1v) is 10.8. The minimum absolute atomic E-state index is 0.0381. The lowest BCUT2D eigenvalue weighted by Gasteiger charge is -2.33. The number of carbonyl (C=O) groups is 2. The molecule has 172 valence electrons. The highest BCUT2D eigenvalue weighted by molar-refractivity contribution is 5.97. The van der Waals surface area contributed by atoms with Crippen LogP contribution in [0.5, 0.6) is 0 Å². The van der Waals surface area contributed by atoms with Crippen LogP contribution in [-0.2, 0) is 14.3 Å². The number of para-hydroxylation sites is 3. The van der Waals surface area contributed by atoms with Crippen LogP contribution >= 0.6 is 0 Å². The van der Waals surface area contributed by atoms with Crippen LogP contribution in [0, 0.1) is 27.4 Å². The van der Waals surface area contributed by atoms with Crippen molar-refractivity contribution in [2.24, 2.45) is 5.92 Å². The fourth-order valence-electron chi connectivity index (χ4n) is 3.92. The lowest BCUT2D eigenvalue weighted by molar-refractivity contribution is -0.384. The van der Waals surface area contributed by atoms with Gasteiger partial charge in [-0.25, -0.2) is 0 Å². The van der Waals surface area contributed by atoms with Gasteiger partial charge in [-0.2, -0.15) is 5.26 Å². The molecule has 33 heavy (non-hydrogen) atoms. The smallest absolute Gasteiger partial charge is 0.309 e. The van der Waals surface area contributed by atoms with Crippen LogP contribution < -0.4 is 9.80 Å². The fourth-order valence-corrected chi connectivity index (χ4v) is 3.92. The Bertz CT molecular complexity index is 1030. The van der Waals surface area contributed by atoms with E-state index in [9.17, 15) is 19.7 Å². The molecule has 1 amide bonds. The van der Waals surface area contributed by atoms with E-state index in [0.717, 1.165) is 0 Å². The number of rotatable bonds is 8. The molecule has 1 atom stereocenters. The second-order valence-corrected chi connectivity index (χ2v) is 7.82. The van der Waals surface area contributed by atoms with Crippen LogP contribution in [0.15, 0.2) is 54.6 Å². The molecule has 0 aliphatic carbocycles. The van der Waals surface area contributed by atoms with Crippen molar-refractivity contribution in [3.05, 3.63) is 64.7 Å². The van der Waals surface area contributed by atoms with Crippen LogP contribution in [0.1, 0.15) is 26.2 Å². The van der Waals surface area contributed by atoms with Crippen LogP contribution in [-0.4, -0.2) is 42.5 Å². The summed E-state index contributed by atoms with van der Waals surface area (Å²) < 4.78 is 5.50. The summed E-state index contributed by atoms with van der Waals surface area (Å²) in [5, 5.41) is 20.2. The predicted octanol–water partition coefficient (Wildman–Crippen LogP) is 3.69. The molecule has 1 saturated heterocycles. The number of nitro benzene ring substituents is 1. The van der Waals surface area contributed by atoms with E-state index < -0.39 is 17.0 Å². The molecule has 0 N–H and O–H groups in total. The Kier molecular flexibility index (Phi) is 7.97. The van der Waals surface area contributed by atoms with Crippen molar-refractivity contribution in [2.75, 3.05) is 29.4 Å². The largest absolute Gasteiger partial charge is 0.452 e. The number of benzene rings is 2. The minimum atomic E-state index is -0.996. The zero-order chi connectivity index (χ0) is 23.8. The minimum Gasteiger partial charge on any atom is -0.452 e. The second kappa shape index (κ2) is 11.1. The number of nitriles is 1. The molecular weight excluding hydrogens is 424 g/mol. The van der Waals surface area contributed by atoms with Gasteiger partial charge in [-0.1, -0.05) is 30.3 Å². The van der Waals surface area contributed by atoms with Gasteiger partial charge in [-0.3, -0.25) is 19.7 Å². The Morgan fingerprint density at radius 1 is 1.18 bits per heavy atom. The molecule has 1 fully saturated rings. The number of hydrogen-bond donors (Lipinski definition) is 0. The van der Waals surface area contributed by atoms with E-state index in [2.05, 4.69) is 0 Å². The average Bonchev–Trinajstić information content (AvgIpc) is 2.84. The van der Waals surface area contributed by atoms with Crippen molar-refractivity contribution < 1.29 is 19.2 Å². The molecule has 1 aliphatic heterocycles. The third kappa shape index (κ3) is 5.86. The summed E-state index contributed by atoms with van der Waals surface area (Å²) in [5.74, 6) is -1.22. The van der Waals surface area contributed by atoms with Gasteiger partial charge in [0.1, 0.15) is 5.69 Å². The molecular formula is C24H26N4O5. The van der Waals surface area contributed by atoms with Crippen LogP contribution in [0.25, 0.3) is 0 Å². The van der Waals surface area contributed by atoms with Crippen molar-refractivity contribution in [1.82, 2.24) is 0 Å². The quantitative estimate of drug-likeness (QED) is 0.342. The van der Waals surface area contributed by atoms with E-state index in [0.29, 0.717) is 37.3 Å². The summed E-state index contributed by atoms with van der Waals surface area (Å²) in [7, 11) is 0. The molecule has 1 unspecified atom stereocenters. The van der Waals surface area contributed by atoms with Gasteiger partial charge in [0.15, 0.2) is 6.10 Å². The Morgan fingerprint density at radius 3 is 2.45 bits per heavy atom. The van der Waals surface area contributed by atoms with Gasteiger partial charge in [0.25, 0.3) is 11.6 Å². The number of amides is 1. The first-order valence-electron chi connectivity index (χ1n) is 10.8. The second-order valence-electron chi connectivity index (χ2n) is 7.82. The topological polar surface area (TPSA) is 117 Å². The molecule has 1 heterocycles. The van der Waals surface area contributed by atoms with Gasteiger partial charge < -0.3 is 14.5 Å². The molecule has 3 rings (SSSR count). The van der Waals surface area contributed by atoms with E-state index in [1.807, 2.05) is 17.0 Å². The van der Waals surface area contributed by atoms with Gasteiger partial charge >= 0.3 is 5.97 Å². The number of piperidine rings is 1. The Morgan fingerprint density at radius 2 is 1.82 bits per heavy atom. The molecule has 0 saturated carbocycles. The Balaban J connectivity index is 1.59. The van der Waals surface area contributed by atoms with Crippen LogP contribution in [0.3, 0.4) is 0 Å². The number of nitro groups is 1. The SMILES string of the molecule is CC(OC(=O)C1CCN(c2ccccc2[N+](=O)[O-])CC1)C(=O)N(CCC#N)c1ccccc1. The van der Waals surface area contributed by atoms with Gasteiger partial charge in [0.2, 0.25) is 0 Å². The van der Waals surface area contributed by atoms with Gasteiger partial charge in [0, 0.05) is 31.4 Å². The van der Waals surface area contributed by atoms with E-state index in [4.69, 9.17) is 10.00 Å². The van der Waals surface area contributed by atoms with Crippen molar-refractivity contribution in [2.45, 2.75) is 32.3 Å². The first kappa shape index (κ1) is 23.7. The maximum Gasteiger partial charge on any atom is 0.309 e. The monoisotopic (exact) mass is 450 g/mol. The Labute approximate surface area is 192 Å². The van der Waals surface area contributed by atoms with Gasteiger partial charge in [-0.15, -0.1) is 0 Å². The fraction of sp³-hybridized carbons (Fsp3) is 0.375. The van der Waals surface area contributed by atoms with E-state index in [-0.39, 0.29) is 30.5 Å². The maximum atomic E-state index is 13.0. The molecule has 0 bridgehead atoms. The highest BCUT2D eigenvalue weighted by atomic mass is 16.6. The number of hydrogen-bond acceptors (Lipinski definition) is 7. The molecule has 9 heteroatoms. The average molecular weight is 450 g/mol. The van der Waals surface area contributed by atoms with E-state index in [1.165, 1.54) is 17.9 Å². The van der Waals surface area contributed by atoms with E-state index in [1.54, 1.807) is 42.5 Å². The lowest BCUT2D eigenvalue weighted by Crippen LogP contribution is -2.43. The number of anilines is 2. The standard InChI is InChI=1S/C24H26N4O5/c1-18(23(29)27(15-7-14-25)20-8-3-2-4-9-20)33-24(30)19-12-16-26(17-13-19)21-10-5-6-11-22(21)28(31)32/h2-6,8-11,18-19H,7,12-13,15-17H2,1H3. The Hall–Kier alpha value is -3.93. The molecule has 0 spiro atoms. The molecule has 1 aliphatic rings. The third-order valence-electron chi connectivity index (χ3n) is 5.67. The highest BCUT2D eigenvalue weighted by Crippen LogP contribution is 2.31. The zero-order valence-corrected chi connectivity index (χ0v) is 18.4. The van der Waals surface area contributed by atoms with Crippen molar-refractivity contribution in [3.63, 3.8) is 0 Å². The molecule has 0 aromatic heterocycles. The number of carbonyl (C=O) groups excluding carboxylic acids is 2. The summed E-state index contributed by atoms with van der Waals surface area (Å²) in [5.41, 5.74) is 1.21. The van der Waals surface area contributed by atoms with Crippen molar-refractivity contribution in [1.29, 1.82) is 5.26 Å². The van der Waals surface area contributed by atoms with Gasteiger partial charge in [0.05, 0.1) is 23.3 Å². The normalized spacial score (nSPS) is 14.7. The number of ether oxygens (including phenoxy) is 1. The molecule has 0 radical (unpaired) electrons. The number of esters is 1. The van der Waals surface area contributed by atoms with Gasteiger partial charge in [-0.05, 0) is 38.0 Å². The summed E-state index contributed by atoms with van der Waals surface area (Å²) in [6.45, 7) is 2.69. The predicted molar refractivity (Wildman–Crippen MR) is 123 cm³/mol. The number of nitrogens with zero attached hydrogens (tertiary/aromatic N) is 4. The van der Waals surface area contributed by atoms with Crippen LogP contribution in [0.2, 0.25) is 0 Å².